The van der Waals surface area contributed by atoms with Crippen LogP contribution in [0.3, 0.4) is 0 Å². The number of rotatable bonds is 6. The molecular weight excluding hydrogens is 244 g/mol. The van der Waals surface area contributed by atoms with Crippen molar-refractivity contribution in [3.63, 3.8) is 0 Å². The lowest BCUT2D eigenvalue weighted by atomic mass is 10.2. The van der Waals surface area contributed by atoms with Crippen molar-refractivity contribution in [2.45, 2.75) is 20.0 Å². The average Bonchev–Trinajstić information content (AvgIpc) is 2.84. The lowest BCUT2D eigenvalue weighted by molar-refractivity contribution is -0.385. The molecule has 0 unspecified atom stereocenters. The average molecular weight is 260 g/mol. The maximum atomic E-state index is 10.9. The molecule has 19 heavy (non-hydrogen) atoms. The molecule has 6 nitrogen and oxygen atoms in total. The van der Waals surface area contributed by atoms with Gasteiger partial charge < -0.3 is 9.88 Å². The minimum Gasteiger partial charge on any atom is -0.332 e. The predicted molar refractivity (Wildman–Crippen MR) is 71.8 cm³/mol. The van der Waals surface area contributed by atoms with E-state index in [9.17, 15) is 10.1 Å². The molecule has 1 aromatic heterocycles. The second-order valence-corrected chi connectivity index (χ2v) is 4.20. The highest BCUT2D eigenvalue weighted by molar-refractivity contribution is 5.39. The molecule has 0 bridgehead atoms. The summed E-state index contributed by atoms with van der Waals surface area (Å²) < 4.78 is 1.86. The summed E-state index contributed by atoms with van der Waals surface area (Å²) in [7, 11) is 0. The third kappa shape index (κ3) is 3.38. The fraction of sp³-hybridized carbons (Fsp3) is 0.308. The molecule has 6 heteroatoms. The van der Waals surface area contributed by atoms with E-state index in [1.165, 1.54) is 6.07 Å². The zero-order chi connectivity index (χ0) is 13.7. The summed E-state index contributed by atoms with van der Waals surface area (Å²) >= 11 is 0. The highest BCUT2D eigenvalue weighted by Crippen LogP contribution is 2.18. The molecular formula is C13H16N4O2. The van der Waals surface area contributed by atoms with Crippen LogP contribution in [-0.4, -0.2) is 21.0 Å². The maximum Gasteiger partial charge on any atom is 0.274 e. The van der Waals surface area contributed by atoms with Gasteiger partial charge in [-0.05, 0) is 6.54 Å². The van der Waals surface area contributed by atoms with Gasteiger partial charge in [0.1, 0.15) is 0 Å². The second-order valence-electron chi connectivity index (χ2n) is 4.20. The molecule has 0 fully saturated rings. The number of nitrogens with one attached hydrogen (secondary N) is 1. The highest BCUT2D eigenvalue weighted by atomic mass is 16.6. The molecule has 100 valence electrons. The van der Waals surface area contributed by atoms with E-state index in [1.54, 1.807) is 24.5 Å². The highest BCUT2D eigenvalue weighted by Gasteiger charge is 2.12. The van der Waals surface area contributed by atoms with Crippen molar-refractivity contribution in [2.24, 2.45) is 0 Å². The van der Waals surface area contributed by atoms with Gasteiger partial charge in [-0.1, -0.05) is 25.1 Å². The SMILES string of the molecule is CCNCc1cn(Cc2ccccc2[N+](=O)[O-])cn1. The van der Waals surface area contributed by atoms with E-state index in [4.69, 9.17) is 0 Å². The Morgan fingerprint density at radius 3 is 2.95 bits per heavy atom. The molecule has 1 heterocycles. The standard InChI is InChI=1S/C13H16N4O2/c1-2-14-7-12-9-16(10-15-12)8-11-5-3-4-6-13(11)17(18)19/h3-6,9-10,14H,2,7-8H2,1H3. The molecule has 0 amide bonds. The van der Waals surface area contributed by atoms with E-state index >= 15 is 0 Å². The van der Waals surface area contributed by atoms with Crippen LogP contribution in [0.4, 0.5) is 5.69 Å². The van der Waals surface area contributed by atoms with E-state index in [2.05, 4.69) is 10.3 Å². The maximum absolute atomic E-state index is 10.9. The minimum atomic E-state index is -0.355. The zero-order valence-corrected chi connectivity index (χ0v) is 10.7. The van der Waals surface area contributed by atoms with Crippen LogP contribution in [0.1, 0.15) is 18.2 Å². The molecule has 0 aliphatic carbocycles. The van der Waals surface area contributed by atoms with E-state index in [-0.39, 0.29) is 10.6 Å². The Kier molecular flexibility index (Phi) is 4.25. The Labute approximate surface area is 111 Å². The normalized spacial score (nSPS) is 10.6. The van der Waals surface area contributed by atoms with Gasteiger partial charge in [-0.15, -0.1) is 0 Å². The topological polar surface area (TPSA) is 73.0 Å². The number of para-hydroxylation sites is 1. The Hall–Kier alpha value is -2.21. The van der Waals surface area contributed by atoms with Gasteiger partial charge in [-0.3, -0.25) is 10.1 Å². The van der Waals surface area contributed by atoms with Crippen molar-refractivity contribution in [3.05, 3.63) is 58.2 Å². The van der Waals surface area contributed by atoms with Crippen molar-refractivity contribution in [3.8, 4) is 0 Å². The number of hydrogen-bond acceptors (Lipinski definition) is 4. The summed E-state index contributed by atoms with van der Waals surface area (Å²) in [5.41, 5.74) is 1.75. The van der Waals surface area contributed by atoms with Gasteiger partial charge >= 0.3 is 0 Å². The van der Waals surface area contributed by atoms with Crippen molar-refractivity contribution >= 4 is 5.69 Å². The smallest absolute Gasteiger partial charge is 0.274 e. The van der Waals surface area contributed by atoms with Gasteiger partial charge in [0.05, 0.1) is 23.5 Å². The lowest BCUT2D eigenvalue weighted by Gasteiger charge is -2.03. The van der Waals surface area contributed by atoms with Gasteiger partial charge in [-0.2, -0.15) is 0 Å². The summed E-state index contributed by atoms with van der Waals surface area (Å²) in [4.78, 5) is 14.8. The first kappa shape index (κ1) is 13.2. The van der Waals surface area contributed by atoms with Crippen LogP contribution < -0.4 is 5.32 Å². The molecule has 0 aliphatic heterocycles. The third-order valence-electron chi connectivity index (χ3n) is 2.78. The fourth-order valence-electron chi connectivity index (χ4n) is 1.86. The quantitative estimate of drug-likeness (QED) is 0.636. The van der Waals surface area contributed by atoms with Crippen molar-refractivity contribution < 1.29 is 4.92 Å². The van der Waals surface area contributed by atoms with E-state index in [0.717, 1.165) is 12.2 Å². The minimum absolute atomic E-state index is 0.143. The first-order valence-corrected chi connectivity index (χ1v) is 6.14. The van der Waals surface area contributed by atoms with Crippen LogP contribution in [0.5, 0.6) is 0 Å². The molecule has 1 aromatic carbocycles. The number of nitrogens with zero attached hydrogens (tertiary/aromatic N) is 3. The molecule has 0 saturated carbocycles. The molecule has 0 spiro atoms. The lowest BCUT2D eigenvalue weighted by Crippen LogP contribution is -2.11. The monoisotopic (exact) mass is 260 g/mol. The Morgan fingerprint density at radius 1 is 1.42 bits per heavy atom. The van der Waals surface area contributed by atoms with Gasteiger partial charge in [0.25, 0.3) is 5.69 Å². The molecule has 0 aliphatic rings. The van der Waals surface area contributed by atoms with Crippen LogP contribution in [-0.2, 0) is 13.1 Å². The van der Waals surface area contributed by atoms with E-state index < -0.39 is 0 Å². The summed E-state index contributed by atoms with van der Waals surface area (Å²) in [6.45, 7) is 4.08. The molecule has 0 saturated heterocycles. The van der Waals surface area contributed by atoms with Crippen molar-refractivity contribution in [2.75, 3.05) is 6.54 Å². The Bertz CT molecular complexity index is 565. The number of nitro benzene ring substituents is 1. The summed E-state index contributed by atoms with van der Waals surface area (Å²) in [6, 6.07) is 6.76. The fourth-order valence-corrected chi connectivity index (χ4v) is 1.86. The molecule has 2 rings (SSSR count). The largest absolute Gasteiger partial charge is 0.332 e. The molecule has 1 N–H and O–H groups in total. The second kappa shape index (κ2) is 6.10. The van der Waals surface area contributed by atoms with Crippen molar-refractivity contribution in [1.82, 2.24) is 14.9 Å². The Balaban J connectivity index is 2.13. The van der Waals surface area contributed by atoms with Gasteiger partial charge in [0.15, 0.2) is 0 Å². The van der Waals surface area contributed by atoms with E-state index in [0.29, 0.717) is 18.7 Å². The third-order valence-corrected chi connectivity index (χ3v) is 2.78. The van der Waals surface area contributed by atoms with Crippen LogP contribution in [0.2, 0.25) is 0 Å². The number of imidazole rings is 1. The Morgan fingerprint density at radius 2 is 2.21 bits per heavy atom. The number of benzene rings is 1. The number of hydrogen-bond donors (Lipinski definition) is 1. The summed E-state index contributed by atoms with van der Waals surface area (Å²) in [6.07, 6.45) is 3.60. The summed E-state index contributed by atoms with van der Waals surface area (Å²) in [5, 5.41) is 14.1. The zero-order valence-electron chi connectivity index (χ0n) is 10.7. The van der Waals surface area contributed by atoms with Crippen LogP contribution in [0.15, 0.2) is 36.8 Å². The first-order chi connectivity index (χ1) is 9.20. The molecule has 0 atom stereocenters. The molecule has 2 aromatic rings. The first-order valence-electron chi connectivity index (χ1n) is 6.14. The number of nitro groups is 1. The number of aromatic nitrogens is 2. The van der Waals surface area contributed by atoms with Crippen molar-refractivity contribution in [1.29, 1.82) is 0 Å². The van der Waals surface area contributed by atoms with Gasteiger partial charge in [0.2, 0.25) is 0 Å². The van der Waals surface area contributed by atoms with Gasteiger partial charge in [0, 0.05) is 24.4 Å². The van der Waals surface area contributed by atoms with Crippen LogP contribution in [0.25, 0.3) is 0 Å². The summed E-state index contributed by atoms with van der Waals surface area (Å²) in [5.74, 6) is 0. The van der Waals surface area contributed by atoms with Crippen LogP contribution >= 0.6 is 0 Å². The molecule has 0 radical (unpaired) electrons. The van der Waals surface area contributed by atoms with E-state index in [1.807, 2.05) is 17.7 Å². The predicted octanol–water partition coefficient (Wildman–Crippen LogP) is 1.95. The van der Waals surface area contributed by atoms with Gasteiger partial charge in [-0.25, -0.2) is 4.98 Å². The van der Waals surface area contributed by atoms with Crippen LogP contribution in [0, 0.1) is 10.1 Å².